The molecule has 5 nitrogen and oxygen atoms in total. The van der Waals surface area contributed by atoms with Crippen LogP contribution in [0.25, 0.3) is 0 Å². The number of aromatic nitrogens is 1. The van der Waals surface area contributed by atoms with Gasteiger partial charge in [0.2, 0.25) is 5.88 Å². The van der Waals surface area contributed by atoms with Crippen LogP contribution in [-0.2, 0) is 26.1 Å². The predicted octanol–water partition coefficient (Wildman–Crippen LogP) is 6.70. The highest BCUT2D eigenvalue weighted by atomic mass is 32.2. The van der Waals surface area contributed by atoms with Gasteiger partial charge in [0.05, 0.1) is 0 Å². The Morgan fingerprint density at radius 3 is 2.43 bits per heavy atom. The first-order valence-corrected chi connectivity index (χ1v) is 13.6. The summed E-state index contributed by atoms with van der Waals surface area (Å²) < 4.78 is 28.8. The predicted molar refractivity (Wildman–Crippen MR) is 145 cm³/mol. The van der Waals surface area contributed by atoms with E-state index < -0.39 is 6.61 Å². The third-order valence-corrected chi connectivity index (χ3v) is 6.55. The first-order chi connectivity index (χ1) is 17.9. The Bertz CT molecular complexity index is 1130. The molecule has 2 heterocycles. The number of hydrogen-bond donors (Lipinski definition) is 1. The normalized spacial score (nSPS) is 12.9. The van der Waals surface area contributed by atoms with Gasteiger partial charge in [-0.25, -0.2) is 4.98 Å². The molecule has 1 aliphatic rings. The molecule has 1 amide bonds. The third kappa shape index (κ3) is 9.13. The Morgan fingerprint density at radius 2 is 1.78 bits per heavy atom. The van der Waals surface area contributed by atoms with Crippen molar-refractivity contribution in [2.45, 2.75) is 64.8 Å². The minimum absolute atomic E-state index is 0.0746. The average Bonchev–Trinajstić information content (AvgIpc) is 2.89. The van der Waals surface area contributed by atoms with Crippen LogP contribution < -0.4 is 10.1 Å². The number of nitrogens with zero attached hydrogens (tertiary/aromatic N) is 2. The maximum Gasteiger partial charge on any atom is 0.388 e. The standard InChI is InChI=1S/C26H27F2N3O2S.C3H8/c1-2-34-23-8-3-18(4-9-23)14-30-25(32)21-6-7-22-17-31(12-11-20(22)13-21)16-19-5-10-24(29-15-19)33-26(27)28;1-3-2/h3-10,13,15,26H,2,11-12,14,16-17H2,1H3,(H,30,32);3H2,1-2H3. The van der Waals surface area contributed by atoms with Crippen molar-refractivity contribution in [2.75, 3.05) is 12.3 Å². The van der Waals surface area contributed by atoms with Crippen LogP contribution in [0.5, 0.6) is 5.88 Å². The highest BCUT2D eigenvalue weighted by Crippen LogP contribution is 2.23. The van der Waals surface area contributed by atoms with Gasteiger partial charge < -0.3 is 10.1 Å². The fourth-order valence-corrected chi connectivity index (χ4v) is 4.63. The first kappa shape index (κ1) is 28.6. The lowest BCUT2D eigenvalue weighted by atomic mass is 9.96. The lowest BCUT2D eigenvalue weighted by Gasteiger charge is -2.29. The van der Waals surface area contributed by atoms with Crippen molar-refractivity contribution in [3.05, 3.63) is 88.6 Å². The Morgan fingerprint density at radius 1 is 1.05 bits per heavy atom. The van der Waals surface area contributed by atoms with E-state index in [1.54, 1.807) is 24.0 Å². The van der Waals surface area contributed by atoms with Gasteiger partial charge in [0.25, 0.3) is 5.91 Å². The van der Waals surface area contributed by atoms with E-state index in [1.807, 2.05) is 18.2 Å². The summed E-state index contributed by atoms with van der Waals surface area (Å²) in [6, 6.07) is 17.4. The first-order valence-electron chi connectivity index (χ1n) is 12.7. The Balaban J connectivity index is 0.00000121. The van der Waals surface area contributed by atoms with Gasteiger partial charge in [-0.2, -0.15) is 8.78 Å². The quantitative estimate of drug-likeness (QED) is 0.314. The van der Waals surface area contributed by atoms with Crippen molar-refractivity contribution in [1.29, 1.82) is 0 Å². The molecule has 1 aliphatic heterocycles. The monoisotopic (exact) mass is 527 g/mol. The number of carbonyl (C=O) groups excluding carboxylic acids is 1. The van der Waals surface area contributed by atoms with E-state index in [4.69, 9.17) is 0 Å². The summed E-state index contributed by atoms with van der Waals surface area (Å²) in [4.78, 5) is 20.1. The second-order valence-corrected chi connectivity index (χ2v) is 10.1. The van der Waals surface area contributed by atoms with Crippen molar-refractivity contribution in [3.8, 4) is 5.88 Å². The zero-order chi connectivity index (χ0) is 26.6. The Kier molecular flexibility index (Phi) is 11.4. The van der Waals surface area contributed by atoms with Gasteiger partial charge >= 0.3 is 6.61 Å². The fraction of sp³-hybridized carbons (Fsp3) is 0.379. The van der Waals surface area contributed by atoms with E-state index in [1.165, 1.54) is 28.5 Å². The number of thioether (sulfide) groups is 1. The summed E-state index contributed by atoms with van der Waals surface area (Å²) in [6.07, 6.45) is 3.66. The number of carbonyl (C=O) groups is 1. The molecule has 3 aromatic rings. The van der Waals surface area contributed by atoms with Gasteiger partial charge in [-0.15, -0.1) is 11.8 Å². The molecule has 0 unspecified atom stereocenters. The minimum Gasteiger partial charge on any atom is -0.417 e. The van der Waals surface area contributed by atoms with Crippen molar-refractivity contribution in [1.82, 2.24) is 15.2 Å². The molecule has 0 radical (unpaired) electrons. The number of amides is 1. The number of rotatable bonds is 9. The SMILES string of the molecule is CCC.CCSc1ccc(CNC(=O)c2ccc3c(c2)CCN(Cc2ccc(OC(F)F)nc2)C3)cc1. The minimum atomic E-state index is -2.87. The van der Waals surface area contributed by atoms with E-state index in [0.29, 0.717) is 18.7 Å². The summed E-state index contributed by atoms with van der Waals surface area (Å²) >= 11 is 1.80. The molecule has 0 atom stereocenters. The maximum atomic E-state index is 12.7. The average molecular weight is 528 g/mol. The third-order valence-electron chi connectivity index (χ3n) is 5.66. The number of halogens is 2. The molecule has 37 heavy (non-hydrogen) atoms. The van der Waals surface area contributed by atoms with Gasteiger partial charge in [-0.3, -0.25) is 9.69 Å². The van der Waals surface area contributed by atoms with Crippen LogP contribution >= 0.6 is 11.8 Å². The molecule has 2 aromatic carbocycles. The largest absolute Gasteiger partial charge is 0.417 e. The molecule has 0 fully saturated rings. The molecular weight excluding hydrogens is 492 g/mol. The van der Waals surface area contributed by atoms with E-state index >= 15 is 0 Å². The van der Waals surface area contributed by atoms with Gasteiger partial charge in [0.15, 0.2) is 0 Å². The lowest BCUT2D eigenvalue weighted by molar-refractivity contribution is -0.0528. The topological polar surface area (TPSA) is 54.5 Å². The number of ether oxygens (including phenoxy) is 1. The molecule has 1 aromatic heterocycles. The van der Waals surface area contributed by atoms with Crippen molar-refractivity contribution in [3.63, 3.8) is 0 Å². The zero-order valence-electron chi connectivity index (χ0n) is 21.7. The molecule has 8 heteroatoms. The highest BCUT2D eigenvalue weighted by Gasteiger charge is 2.18. The van der Waals surface area contributed by atoms with Crippen LogP contribution in [-0.4, -0.2) is 34.7 Å². The number of benzene rings is 2. The summed E-state index contributed by atoms with van der Waals surface area (Å²) in [5.41, 5.74) is 5.05. The number of nitrogens with one attached hydrogen (secondary N) is 1. The summed E-state index contributed by atoms with van der Waals surface area (Å²) in [5.74, 6) is 0.880. The van der Waals surface area contributed by atoms with Crippen molar-refractivity contribution < 1.29 is 18.3 Å². The summed E-state index contributed by atoms with van der Waals surface area (Å²) in [7, 11) is 0. The Labute approximate surface area is 222 Å². The van der Waals surface area contributed by atoms with E-state index in [2.05, 4.69) is 65.0 Å². The Hall–Kier alpha value is -2.97. The molecule has 198 valence electrons. The molecule has 0 bridgehead atoms. The number of alkyl halides is 2. The van der Waals surface area contributed by atoms with E-state index in [9.17, 15) is 13.6 Å². The van der Waals surface area contributed by atoms with Gasteiger partial charge in [-0.05, 0) is 58.7 Å². The molecule has 0 saturated heterocycles. The van der Waals surface area contributed by atoms with Crippen LogP contribution in [0.1, 0.15) is 59.8 Å². The summed E-state index contributed by atoms with van der Waals surface area (Å²) in [5, 5.41) is 3.01. The number of fused-ring (bicyclic) bond motifs is 1. The van der Waals surface area contributed by atoms with Crippen LogP contribution in [0.15, 0.2) is 65.7 Å². The second kappa shape index (κ2) is 14.7. The molecule has 0 spiro atoms. The molecule has 4 rings (SSSR count). The smallest absolute Gasteiger partial charge is 0.388 e. The van der Waals surface area contributed by atoms with Crippen LogP contribution in [0.4, 0.5) is 8.78 Å². The fourth-order valence-electron chi connectivity index (χ4n) is 3.97. The van der Waals surface area contributed by atoms with Crippen LogP contribution in [0.3, 0.4) is 0 Å². The zero-order valence-corrected chi connectivity index (χ0v) is 22.5. The van der Waals surface area contributed by atoms with E-state index in [0.717, 1.165) is 36.4 Å². The van der Waals surface area contributed by atoms with Crippen molar-refractivity contribution in [2.24, 2.45) is 0 Å². The maximum absolute atomic E-state index is 12.7. The number of hydrogen-bond acceptors (Lipinski definition) is 5. The van der Waals surface area contributed by atoms with E-state index in [-0.39, 0.29) is 11.8 Å². The van der Waals surface area contributed by atoms with Crippen molar-refractivity contribution >= 4 is 17.7 Å². The molecule has 1 N–H and O–H groups in total. The van der Waals surface area contributed by atoms with Crippen LogP contribution in [0.2, 0.25) is 0 Å². The highest BCUT2D eigenvalue weighted by molar-refractivity contribution is 7.99. The molecular formula is C29H35F2N3O2S. The number of pyridine rings is 1. The summed E-state index contributed by atoms with van der Waals surface area (Å²) in [6.45, 7) is 6.26. The van der Waals surface area contributed by atoms with Gasteiger partial charge in [-0.1, -0.05) is 51.5 Å². The van der Waals surface area contributed by atoms with Gasteiger partial charge in [0.1, 0.15) is 0 Å². The van der Waals surface area contributed by atoms with Crippen LogP contribution in [0, 0.1) is 0 Å². The lowest BCUT2D eigenvalue weighted by Crippen LogP contribution is -2.30. The second-order valence-electron chi connectivity index (χ2n) is 8.79. The van der Waals surface area contributed by atoms with Gasteiger partial charge in [0, 0.05) is 48.9 Å². The molecule has 0 aliphatic carbocycles. The molecule has 0 saturated carbocycles.